The van der Waals surface area contributed by atoms with Gasteiger partial charge in [0.05, 0.1) is 0 Å². The Bertz CT molecular complexity index is 836. The molecule has 0 aliphatic rings. The Hall–Kier alpha value is -3.52. The summed E-state index contributed by atoms with van der Waals surface area (Å²) < 4.78 is 0. The highest BCUT2D eigenvalue weighted by molar-refractivity contribution is 6.32. The number of benzene rings is 2. The van der Waals surface area contributed by atoms with E-state index in [-0.39, 0.29) is 11.1 Å². The largest absolute Gasteiger partial charge is 0.479 e. The number of aliphatic carboxylic acids is 1. The van der Waals surface area contributed by atoms with Gasteiger partial charge in [0.2, 0.25) is 5.78 Å². The summed E-state index contributed by atoms with van der Waals surface area (Å²) >= 11 is 0. The van der Waals surface area contributed by atoms with Crippen molar-refractivity contribution < 1.29 is 34.2 Å². The van der Waals surface area contributed by atoms with Crippen LogP contribution in [0.1, 0.15) is 28.9 Å². The van der Waals surface area contributed by atoms with Crippen LogP contribution in [0, 0.1) is 0 Å². The average Bonchev–Trinajstić information content (AvgIpc) is 2.68. The maximum Gasteiger partial charge on any atom is 0.398 e. The molecule has 0 heterocycles. The number of amides is 1. The monoisotopic (exact) mass is 371 g/mol. The van der Waals surface area contributed by atoms with Crippen molar-refractivity contribution in [3.63, 3.8) is 0 Å². The minimum Gasteiger partial charge on any atom is -0.479 e. The number of aliphatic hydroxyl groups excluding tert-OH is 1. The molecule has 0 aliphatic heterocycles. The zero-order chi connectivity index (χ0) is 20.0. The number of hydrogen-bond donors (Lipinski definition) is 2. The van der Waals surface area contributed by atoms with E-state index in [9.17, 15) is 29.4 Å². The third-order valence-corrected chi connectivity index (χ3v) is 3.64. The molecule has 0 bridgehead atoms. The Labute approximate surface area is 154 Å². The molecule has 8 nitrogen and oxygen atoms in total. The minimum absolute atomic E-state index is 0.0763. The van der Waals surface area contributed by atoms with Gasteiger partial charge in [-0.2, -0.15) is 5.06 Å². The van der Waals surface area contributed by atoms with E-state index in [2.05, 4.69) is 0 Å². The van der Waals surface area contributed by atoms with Crippen LogP contribution in [0.4, 0.5) is 0 Å². The zero-order valence-corrected chi connectivity index (χ0v) is 14.3. The van der Waals surface area contributed by atoms with Gasteiger partial charge in [0, 0.05) is 12.5 Å². The lowest BCUT2D eigenvalue weighted by Gasteiger charge is -2.31. The predicted octanol–water partition coefficient (Wildman–Crippen LogP) is 1.36. The number of aliphatic hydroxyl groups is 1. The molecule has 2 N–H and O–H groups in total. The van der Waals surface area contributed by atoms with Gasteiger partial charge in [-0.25, -0.2) is 9.59 Å². The number of nitrogens with zero attached hydrogens (tertiary/aromatic N) is 1. The van der Waals surface area contributed by atoms with E-state index in [1.54, 1.807) is 36.4 Å². The number of Topliss-reactive ketones (excluding diaryl/α,β-unsaturated/α-hetero) is 1. The van der Waals surface area contributed by atoms with Crippen molar-refractivity contribution in [3.05, 3.63) is 71.8 Å². The Balaban J connectivity index is 2.55. The third-order valence-electron chi connectivity index (χ3n) is 3.64. The summed E-state index contributed by atoms with van der Waals surface area (Å²) in [4.78, 5) is 52.3. The van der Waals surface area contributed by atoms with Crippen LogP contribution in [-0.2, 0) is 19.2 Å². The molecule has 2 rings (SSSR count). The van der Waals surface area contributed by atoms with Crippen molar-refractivity contribution >= 4 is 23.6 Å². The molecule has 0 radical (unpaired) electrons. The van der Waals surface area contributed by atoms with Crippen LogP contribution < -0.4 is 0 Å². The lowest BCUT2D eigenvalue weighted by molar-refractivity contribution is -0.198. The highest BCUT2D eigenvalue weighted by Gasteiger charge is 2.39. The molecule has 0 spiro atoms. The molecule has 2 unspecified atom stereocenters. The van der Waals surface area contributed by atoms with Crippen molar-refractivity contribution in [2.24, 2.45) is 0 Å². The van der Waals surface area contributed by atoms with Crippen LogP contribution in [0.15, 0.2) is 60.7 Å². The van der Waals surface area contributed by atoms with Gasteiger partial charge >= 0.3 is 11.9 Å². The molecule has 0 saturated heterocycles. The van der Waals surface area contributed by atoms with E-state index < -0.39 is 35.8 Å². The van der Waals surface area contributed by atoms with Crippen LogP contribution >= 0.6 is 0 Å². The van der Waals surface area contributed by atoms with Gasteiger partial charge in [-0.1, -0.05) is 48.5 Å². The first kappa shape index (κ1) is 19.8. The zero-order valence-electron chi connectivity index (χ0n) is 14.3. The first-order valence-corrected chi connectivity index (χ1v) is 7.90. The summed E-state index contributed by atoms with van der Waals surface area (Å²) in [5, 5.41) is 19.9. The van der Waals surface area contributed by atoms with Crippen LogP contribution in [0.5, 0.6) is 0 Å². The summed E-state index contributed by atoms with van der Waals surface area (Å²) in [6.45, 7) is 0.943. The summed E-state index contributed by atoms with van der Waals surface area (Å²) in [7, 11) is 0. The van der Waals surface area contributed by atoms with Gasteiger partial charge in [-0.05, 0) is 17.7 Å². The molecule has 2 aromatic carbocycles. The van der Waals surface area contributed by atoms with E-state index in [1.165, 1.54) is 24.3 Å². The highest BCUT2D eigenvalue weighted by Crippen LogP contribution is 2.27. The molecular weight excluding hydrogens is 354 g/mol. The normalized spacial score (nSPS) is 12.5. The second-order valence-corrected chi connectivity index (χ2v) is 5.57. The summed E-state index contributed by atoms with van der Waals surface area (Å²) in [5.74, 6) is -4.87. The molecule has 2 aromatic rings. The summed E-state index contributed by atoms with van der Waals surface area (Å²) in [6, 6.07) is 13.8. The molecule has 0 aromatic heterocycles. The number of carboxylic acid groups (broad SMARTS) is 1. The van der Waals surface area contributed by atoms with E-state index >= 15 is 0 Å². The quantitative estimate of drug-likeness (QED) is 0.581. The molecule has 27 heavy (non-hydrogen) atoms. The maximum atomic E-state index is 12.9. The molecule has 0 saturated carbocycles. The molecule has 1 amide bonds. The average molecular weight is 371 g/mol. The van der Waals surface area contributed by atoms with E-state index in [4.69, 9.17) is 4.84 Å². The van der Waals surface area contributed by atoms with E-state index in [1.807, 2.05) is 0 Å². The van der Waals surface area contributed by atoms with Gasteiger partial charge in [0.25, 0.3) is 5.91 Å². The topological polar surface area (TPSA) is 121 Å². The van der Waals surface area contributed by atoms with E-state index in [0.717, 1.165) is 6.92 Å². The second kappa shape index (κ2) is 8.72. The smallest absolute Gasteiger partial charge is 0.398 e. The standard InChI is InChI=1S/C19H17NO7/c1-12(21)19(26)27-20(17(23)14-10-6-3-7-11-14)15(16(22)18(24)25)13-8-4-2-5-9-13/h2-11,15-16,22H,1H3,(H,24,25). The van der Waals surface area contributed by atoms with Crippen LogP contribution in [-0.4, -0.2) is 45.0 Å². The SMILES string of the molecule is CC(=O)C(=O)ON(C(=O)c1ccccc1)C(c1ccccc1)C(O)C(=O)O. The second-order valence-electron chi connectivity index (χ2n) is 5.57. The number of carboxylic acids is 1. The molecular formula is C19H17NO7. The number of rotatable bonds is 6. The fourth-order valence-corrected chi connectivity index (χ4v) is 2.32. The van der Waals surface area contributed by atoms with Crippen LogP contribution in [0.3, 0.4) is 0 Å². The summed E-state index contributed by atoms with van der Waals surface area (Å²) in [6.07, 6.45) is -2.11. The Kier molecular flexibility index (Phi) is 6.40. The predicted molar refractivity (Wildman–Crippen MR) is 92.2 cm³/mol. The van der Waals surface area contributed by atoms with Gasteiger partial charge in [0.15, 0.2) is 6.10 Å². The first-order valence-electron chi connectivity index (χ1n) is 7.90. The van der Waals surface area contributed by atoms with Gasteiger partial charge < -0.3 is 15.1 Å². The molecule has 8 heteroatoms. The van der Waals surface area contributed by atoms with Crippen molar-refractivity contribution in [1.82, 2.24) is 5.06 Å². The van der Waals surface area contributed by atoms with E-state index in [0.29, 0.717) is 5.06 Å². The van der Waals surface area contributed by atoms with Crippen molar-refractivity contribution in [2.75, 3.05) is 0 Å². The number of carbonyl (C=O) groups excluding carboxylic acids is 3. The van der Waals surface area contributed by atoms with Crippen LogP contribution in [0.25, 0.3) is 0 Å². The van der Waals surface area contributed by atoms with Crippen molar-refractivity contribution in [1.29, 1.82) is 0 Å². The fraction of sp³-hybridized carbons (Fsp3) is 0.158. The van der Waals surface area contributed by atoms with Gasteiger partial charge in [-0.3, -0.25) is 9.59 Å². The Morgan fingerprint density at radius 3 is 1.93 bits per heavy atom. The lowest BCUT2D eigenvalue weighted by Crippen LogP contribution is -2.45. The number of hydrogen-bond acceptors (Lipinski definition) is 6. The number of ketones is 1. The maximum absolute atomic E-state index is 12.9. The summed E-state index contributed by atoms with van der Waals surface area (Å²) in [5.41, 5.74) is 0.278. The minimum atomic E-state index is -2.11. The number of carbonyl (C=O) groups is 4. The molecule has 0 aliphatic carbocycles. The van der Waals surface area contributed by atoms with Crippen molar-refractivity contribution in [2.45, 2.75) is 19.1 Å². The van der Waals surface area contributed by atoms with Crippen LogP contribution in [0.2, 0.25) is 0 Å². The highest BCUT2D eigenvalue weighted by atomic mass is 16.7. The first-order chi connectivity index (χ1) is 12.8. The number of hydroxylamine groups is 2. The molecule has 140 valence electrons. The lowest BCUT2D eigenvalue weighted by atomic mass is 10.00. The van der Waals surface area contributed by atoms with Gasteiger partial charge in [-0.15, -0.1) is 0 Å². The molecule has 2 atom stereocenters. The Morgan fingerprint density at radius 2 is 1.44 bits per heavy atom. The Morgan fingerprint density at radius 1 is 0.926 bits per heavy atom. The third kappa shape index (κ3) is 4.77. The van der Waals surface area contributed by atoms with Crippen molar-refractivity contribution in [3.8, 4) is 0 Å². The fourth-order valence-electron chi connectivity index (χ4n) is 2.32. The molecule has 0 fully saturated rings. The van der Waals surface area contributed by atoms with Gasteiger partial charge in [0.1, 0.15) is 6.04 Å².